The van der Waals surface area contributed by atoms with Gasteiger partial charge < -0.3 is 48.8 Å². The number of rotatable bonds is 9. The van der Waals surface area contributed by atoms with Crippen LogP contribution in [0.25, 0.3) is 11.0 Å². The van der Waals surface area contributed by atoms with Gasteiger partial charge in [0.15, 0.2) is 29.5 Å². The Hall–Kier alpha value is -4.33. The third kappa shape index (κ3) is 5.71. The lowest BCUT2D eigenvalue weighted by molar-refractivity contribution is -0.304. The maximum Gasteiger partial charge on any atom is 0.404 e. The second-order valence-electron chi connectivity index (χ2n) is 10.2. The van der Waals surface area contributed by atoms with Crippen LogP contribution in [0.4, 0.5) is 4.79 Å². The van der Waals surface area contributed by atoms with Gasteiger partial charge in [-0.3, -0.25) is 4.79 Å². The molecule has 2 aromatic carbocycles. The summed E-state index contributed by atoms with van der Waals surface area (Å²) in [5, 5.41) is 22.1. The first-order valence-electron chi connectivity index (χ1n) is 12.9. The standard InChI is InChI=1S/C29H33NO12/c1-13-18(39-27-22(33)24(41-28(30)35)25(38-6)29(2,3)42-27)10-8-15-21(32)16(26(34)40-23(13)15)12-17(31)14-7-9-19(36-4)20(11-14)37-5/h7-11,22,24-25,27,32-33H,12H2,1-6H3,(H2,30,35)/t22-,24+,25-,27-/m1/s1. The van der Waals surface area contributed by atoms with E-state index in [1.165, 1.54) is 45.6 Å². The molecule has 226 valence electrons. The molecule has 1 aliphatic heterocycles. The summed E-state index contributed by atoms with van der Waals surface area (Å²) in [5.41, 5.74) is 3.53. The average molecular weight is 588 g/mol. The van der Waals surface area contributed by atoms with Gasteiger partial charge in [-0.25, -0.2) is 9.59 Å². The lowest BCUT2D eigenvalue weighted by atomic mass is 9.89. The second kappa shape index (κ2) is 11.9. The van der Waals surface area contributed by atoms with Gasteiger partial charge in [0, 0.05) is 24.7 Å². The van der Waals surface area contributed by atoms with Gasteiger partial charge in [0.1, 0.15) is 23.2 Å². The fourth-order valence-electron chi connectivity index (χ4n) is 5.03. The SMILES string of the molecule is COc1ccc(C(=O)Cc2c(O)c3ccc(O[C@@H]4OC(C)(C)[C@H](OC)[C@@H](OC(N)=O)[C@H]4O)c(C)c3oc2=O)cc1OC. The number of aryl methyl sites for hydroxylation is 1. The molecular weight excluding hydrogens is 554 g/mol. The fraction of sp³-hybridized carbons (Fsp3) is 0.414. The highest BCUT2D eigenvalue weighted by Crippen LogP contribution is 2.38. The highest BCUT2D eigenvalue weighted by molar-refractivity contribution is 5.99. The number of aliphatic hydroxyl groups excluding tert-OH is 1. The topological polar surface area (TPSA) is 186 Å². The number of methoxy groups -OCH3 is 3. The normalized spacial score (nSPS) is 21.5. The van der Waals surface area contributed by atoms with Crippen molar-refractivity contribution in [2.75, 3.05) is 21.3 Å². The van der Waals surface area contributed by atoms with Crippen molar-refractivity contribution in [1.82, 2.24) is 0 Å². The number of nitrogens with two attached hydrogens (primary N) is 1. The van der Waals surface area contributed by atoms with E-state index in [1.54, 1.807) is 26.8 Å². The zero-order chi connectivity index (χ0) is 30.9. The number of hydrogen-bond donors (Lipinski definition) is 3. The number of fused-ring (bicyclic) bond motifs is 1. The van der Waals surface area contributed by atoms with Crippen LogP contribution in [0, 0.1) is 6.92 Å². The molecule has 3 aromatic rings. The quantitative estimate of drug-likeness (QED) is 0.246. The van der Waals surface area contributed by atoms with Crippen LogP contribution in [-0.4, -0.2) is 73.6 Å². The summed E-state index contributed by atoms with van der Waals surface area (Å²) in [6, 6.07) is 7.48. The number of carbonyl (C=O) groups is 2. The number of aromatic hydroxyl groups is 1. The smallest absolute Gasteiger partial charge is 0.404 e. The number of primary amides is 1. The first-order chi connectivity index (χ1) is 19.8. The van der Waals surface area contributed by atoms with E-state index >= 15 is 0 Å². The van der Waals surface area contributed by atoms with Gasteiger partial charge in [-0.05, 0) is 51.1 Å². The molecule has 0 bridgehead atoms. The average Bonchev–Trinajstić information content (AvgIpc) is 2.94. The van der Waals surface area contributed by atoms with Crippen molar-refractivity contribution in [3.05, 3.63) is 57.4 Å². The van der Waals surface area contributed by atoms with Crippen LogP contribution >= 0.6 is 0 Å². The molecule has 42 heavy (non-hydrogen) atoms. The van der Waals surface area contributed by atoms with Crippen molar-refractivity contribution in [2.45, 2.75) is 57.4 Å². The van der Waals surface area contributed by atoms with Gasteiger partial charge in [0.2, 0.25) is 6.29 Å². The molecule has 1 fully saturated rings. The molecule has 0 spiro atoms. The zero-order valence-electron chi connectivity index (χ0n) is 24.0. The molecule has 4 N–H and O–H groups in total. The molecule has 1 aromatic heterocycles. The summed E-state index contributed by atoms with van der Waals surface area (Å²) < 4.78 is 38.3. The molecule has 13 heteroatoms. The highest BCUT2D eigenvalue weighted by Gasteiger charge is 2.53. The minimum Gasteiger partial charge on any atom is -0.507 e. The van der Waals surface area contributed by atoms with Crippen LogP contribution < -0.4 is 25.6 Å². The number of benzene rings is 2. The van der Waals surface area contributed by atoms with Crippen LogP contribution in [-0.2, 0) is 20.6 Å². The predicted octanol–water partition coefficient (Wildman–Crippen LogP) is 2.60. The van der Waals surface area contributed by atoms with Crippen LogP contribution in [0.1, 0.15) is 35.3 Å². The fourth-order valence-corrected chi connectivity index (χ4v) is 5.03. The number of carbonyl (C=O) groups excluding carboxylic acids is 2. The molecule has 4 rings (SSSR count). The molecule has 1 aliphatic rings. The highest BCUT2D eigenvalue weighted by atomic mass is 16.7. The second-order valence-corrected chi connectivity index (χ2v) is 10.2. The molecule has 2 heterocycles. The Morgan fingerprint density at radius 1 is 1.05 bits per heavy atom. The largest absolute Gasteiger partial charge is 0.507 e. The van der Waals surface area contributed by atoms with Gasteiger partial charge >= 0.3 is 11.7 Å². The van der Waals surface area contributed by atoms with E-state index in [-0.39, 0.29) is 27.8 Å². The lowest BCUT2D eigenvalue weighted by Gasteiger charge is -2.47. The summed E-state index contributed by atoms with van der Waals surface area (Å²) in [4.78, 5) is 37.4. The number of ether oxygens (including phenoxy) is 6. The van der Waals surface area contributed by atoms with E-state index in [4.69, 9.17) is 38.6 Å². The molecule has 0 aliphatic carbocycles. The summed E-state index contributed by atoms with van der Waals surface area (Å²) in [6.45, 7) is 4.90. The molecule has 4 atom stereocenters. The Labute approximate surface area is 240 Å². The minimum atomic E-state index is -1.50. The lowest BCUT2D eigenvalue weighted by Crippen LogP contribution is -2.65. The van der Waals surface area contributed by atoms with Crippen molar-refractivity contribution in [2.24, 2.45) is 5.73 Å². The van der Waals surface area contributed by atoms with E-state index in [0.717, 1.165) is 0 Å². The number of Topliss-reactive ketones (excluding diaryl/α,β-unsaturated/α-hetero) is 1. The molecule has 1 amide bonds. The summed E-state index contributed by atoms with van der Waals surface area (Å²) >= 11 is 0. The Kier molecular flexibility index (Phi) is 8.66. The molecule has 1 saturated heterocycles. The van der Waals surface area contributed by atoms with Gasteiger partial charge in [0.25, 0.3) is 0 Å². The third-order valence-electron chi connectivity index (χ3n) is 7.15. The number of hydrogen-bond acceptors (Lipinski definition) is 12. The number of ketones is 1. The van der Waals surface area contributed by atoms with Crippen molar-refractivity contribution in [1.29, 1.82) is 0 Å². The monoisotopic (exact) mass is 587 g/mol. The first-order valence-corrected chi connectivity index (χ1v) is 12.9. The van der Waals surface area contributed by atoms with E-state index < -0.39 is 59.9 Å². The summed E-state index contributed by atoms with van der Waals surface area (Å²) in [7, 11) is 4.27. The first kappa shape index (κ1) is 30.6. The van der Waals surface area contributed by atoms with Gasteiger partial charge in [-0.2, -0.15) is 0 Å². The van der Waals surface area contributed by atoms with E-state index in [1.807, 2.05) is 0 Å². The van der Waals surface area contributed by atoms with E-state index in [0.29, 0.717) is 17.1 Å². The van der Waals surface area contributed by atoms with Crippen LogP contribution in [0.15, 0.2) is 39.5 Å². The van der Waals surface area contributed by atoms with Crippen LogP contribution in [0.5, 0.6) is 23.0 Å². The minimum absolute atomic E-state index is 0.00146. The summed E-state index contributed by atoms with van der Waals surface area (Å²) in [6.07, 6.45) is -6.48. The molecule has 0 saturated carbocycles. The van der Waals surface area contributed by atoms with Gasteiger partial charge in [-0.1, -0.05) is 0 Å². The maximum absolute atomic E-state index is 13.0. The Morgan fingerprint density at radius 3 is 2.33 bits per heavy atom. The predicted molar refractivity (Wildman–Crippen MR) is 147 cm³/mol. The van der Waals surface area contributed by atoms with Crippen molar-refractivity contribution in [3.8, 4) is 23.0 Å². The number of amides is 1. The van der Waals surface area contributed by atoms with Crippen molar-refractivity contribution >= 4 is 22.8 Å². The van der Waals surface area contributed by atoms with Crippen LogP contribution in [0.2, 0.25) is 0 Å². The Morgan fingerprint density at radius 2 is 1.71 bits per heavy atom. The van der Waals surface area contributed by atoms with Gasteiger partial charge in [0.05, 0.1) is 30.8 Å². The molecule has 13 nitrogen and oxygen atoms in total. The maximum atomic E-state index is 13.0. The third-order valence-corrected chi connectivity index (χ3v) is 7.15. The molecule has 0 unspecified atom stereocenters. The van der Waals surface area contributed by atoms with Crippen molar-refractivity contribution in [3.63, 3.8) is 0 Å². The molecular formula is C29H33NO12. The molecule has 0 radical (unpaired) electrons. The summed E-state index contributed by atoms with van der Waals surface area (Å²) in [5.74, 6) is 0.0369. The Balaban J connectivity index is 1.64. The van der Waals surface area contributed by atoms with E-state index in [2.05, 4.69) is 0 Å². The zero-order valence-corrected chi connectivity index (χ0v) is 24.0. The number of aliphatic hydroxyl groups is 1. The van der Waals surface area contributed by atoms with Crippen LogP contribution in [0.3, 0.4) is 0 Å². The van der Waals surface area contributed by atoms with Gasteiger partial charge in [-0.15, -0.1) is 0 Å². The van der Waals surface area contributed by atoms with E-state index in [9.17, 15) is 24.6 Å². The Bertz CT molecular complexity index is 1560. The van der Waals surface area contributed by atoms with Crippen molar-refractivity contribution < 1.29 is 52.6 Å².